The van der Waals surface area contributed by atoms with Crippen LogP contribution in [0.15, 0.2) is 79.0 Å². The molecule has 0 saturated carbocycles. The van der Waals surface area contributed by atoms with E-state index in [1.165, 1.54) is 33.2 Å². The van der Waals surface area contributed by atoms with Gasteiger partial charge in [0.2, 0.25) is 0 Å². The predicted octanol–water partition coefficient (Wildman–Crippen LogP) is 5.25. The molecular formula is C22H20N2. The van der Waals surface area contributed by atoms with Crippen molar-refractivity contribution in [3.8, 4) is 11.1 Å². The molecule has 2 heteroatoms. The first-order chi connectivity index (χ1) is 11.7. The molecular weight excluding hydrogens is 292 g/mol. The van der Waals surface area contributed by atoms with Gasteiger partial charge in [-0.1, -0.05) is 60.7 Å². The van der Waals surface area contributed by atoms with Crippen LogP contribution in [-0.4, -0.2) is 4.57 Å². The van der Waals surface area contributed by atoms with Gasteiger partial charge in [0, 0.05) is 23.8 Å². The minimum atomic E-state index is 0.807. The zero-order valence-electron chi connectivity index (χ0n) is 13.7. The van der Waals surface area contributed by atoms with Gasteiger partial charge in [-0.25, -0.2) is 0 Å². The fourth-order valence-electron chi connectivity index (χ4n) is 3.25. The van der Waals surface area contributed by atoms with E-state index in [2.05, 4.69) is 78.4 Å². The van der Waals surface area contributed by atoms with Crippen LogP contribution in [0.25, 0.3) is 22.0 Å². The van der Waals surface area contributed by atoms with Crippen molar-refractivity contribution in [2.45, 2.75) is 13.5 Å². The summed E-state index contributed by atoms with van der Waals surface area (Å²) in [6.45, 7) is 3.00. The minimum Gasteiger partial charge on any atom is -0.399 e. The van der Waals surface area contributed by atoms with Crippen LogP contribution in [0.1, 0.15) is 11.1 Å². The van der Waals surface area contributed by atoms with Gasteiger partial charge < -0.3 is 10.3 Å². The van der Waals surface area contributed by atoms with Gasteiger partial charge in [0.25, 0.3) is 0 Å². The van der Waals surface area contributed by atoms with Gasteiger partial charge in [0.15, 0.2) is 0 Å². The van der Waals surface area contributed by atoms with E-state index in [0.29, 0.717) is 0 Å². The summed E-state index contributed by atoms with van der Waals surface area (Å²) in [5.74, 6) is 0. The van der Waals surface area contributed by atoms with Gasteiger partial charge in [-0.15, -0.1) is 0 Å². The van der Waals surface area contributed by atoms with E-state index < -0.39 is 0 Å². The Labute approximate surface area is 142 Å². The molecule has 24 heavy (non-hydrogen) atoms. The SMILES string of the molecule is Cc1cn(Cc2ccc(-c3ccccc3)cc2)c2cc(N)ccc12. The van der Waals surface area contributed by atoms with E-state index in [1.54, 1.807) is 0 Å². The molecule has 0 fully saturated rings. The lowest BCUT2D eigenvalue weighted by atomic mass is 10.0. The lowest BCUT2D eigenvalue weighted by molar-refractivity contribution is 0.834. The summed E-state index contributed by atoms with van der Waals surface area (Å²) >= 11 is 0. The smallest absolute Gasteiger partial charge is 0.0506 e. The highest BCUT2D eigenvalue weighted by atomic mass is 15.0. The Bertz CT molecular complexity index is 980. The minimum absolute atomic E-state index is 0.807. The third kappa shape index (κ3) is 2.67. The van der Waals surface area contributed by atoms with Crippen LogP contribution in [0, 0.1) is 6.92 Å². The molecule has 2 nitrogen and oxygen atoms in total. The highest BCUT2D eigenvalue weighted by Crippen LogP contribution is 2.25. The molecule has 0 aliphatic rings. The monoisotopic (exact) mass is 312 g/mol. The van der Waals surface area contributed by atoms with Crippen LogP contribution >= 0.6 is 0 Å². The highest BCUT2D eigenvalue weighted by molar-refractivity contribution is 5.86. The van der Waals surface area contributed by atoms with Crippen LogP contribution in [-0.2, 0) is 6.54 Å². The molecule has 0 radical (unpaired) electrons. The maximum atomic E-state index is 5.97. The second-order valence-electron chi connectivity index (χ2n) is 6.28. The number of nitrogens with zero attached hydrogens (tertiary/aromatic N) is 1. The van der Waals surface area contributed by atoms with Gasteiger partial charge in [-0.2, -0.15) is 0 Å². The maximum Gasteiger partial charge on any atom is 0.0506 e. The first-order valence-electron chi connectivity index (χ1n) is 8.20. The highest BCUT2D eigenvalue weighted by Gasteiger charge is 2.06. The Kier molecular flexibility index (Phi) is 3.58. The summed E-state index contributed by atoms with van der Waals surface area (Å²) in [5, 5.41) is 1.27. The third-order valence-electron chi connectivity index (χ3n) is 4.52. The molecule has 4 rings (SSSR count). The van der Waals surface area contributed by atoms with E-state index in [0.717, 1.165) is 12.2 Å². The molecule has 0 aliphatic carbocycles. The number of rotatable bonds is 3. The van der Waals surface area contributed by atoms with E-state index in [1.807, 2.05) is 12.1 Å². The number of fused-ring (bicyclic) bond motifs is 1. The number of aryl methyl sites for hydroxylation is 1. The summed E-state index contributed by atoms with van der Waals surface area (Å²) in [4.78, 5) is 0. The number of anilines is 1. The maximum absolute atomic E-state index is 5.97. The molecule has 0 bridgehead atoms. The molecule has 0 aliphatic heterocycles. The molecule has 4 aromatic rings. The molecule has 2 N–H and O–H groups in total. The quantitative estimate of drug-likeness (QED) is 0.515. The largest absolute Gasteiger partial charge is 0.399 e. The molecule has 0 unspecified atom stereocenters. The van der Waals surface area contributed by atoms with Gasteiger partial charge >= 0.3 is 0 Å². The molecule has 1 heterocycles. The van der Waals surface area contributed by atoms with Crippen LogP contribution in [0.2, 0.25) is 0 Å². The standard InChI is InChI=1S/C22H20N2/c1-16-14-24(22-13-20(23)11-12-21(16)22)15-17-7-9-19(10-8-17)18-5-3-2-4-6-18/h2-14H,15,23H2,1H3. The average molecular weight is 312 g/mol. The number of hydrogen-bond donors (Lipinski definition) is 1. The van der Waals surface area contributed by atoms with Gasteiger partial charge in [-0.05, 0) is 41.3 Å². The van der Waals surface area contributed by atoms with Crippen molar-refractivity contribution >= 4 is 16.6 Å². The van der Waals surface area contributed by atoms with Gasteiger partial charge in [0.05, 0.1) is 5.52 Å². The van der Waals surface area contributed by atoms with Crippen molar-refractivity contribution in [3.63, 3.8) is 0 Å². The lowest BCUT2D eigenvalue weighted by Crippen LogP contribution is -1.98. The molecule has 0 amide bonds. The first-order valence-corrected chi connectivity index (χ1v) is 8.20. The van der Waals surface area contributed by atoms with Crippen LogP contribution in [0.5, 0.6) is 0 Å². The van der Waals surface area contributed by atoms with Crippen molar-refractivity contribution in [2.75, 3.05) is 5.73 Å². The molecule has 1 aromatic heterocycles. The second kappa shape index (κ2) is 5.89. The molecule has 118 valence electrons. The van der Waals surface area contributed by atoms with Gasteiger partial charge in [-0.3, -0.25) is 0 Å². The average Bonchev–Trinajstić information content (AvgIpc) is 2.91. The Morgan fingerprint density at radius 1 is 0.833 bits per heavy atom. The van der Waals surface area contributed by atoms with Crippen molar-refractivity contribution in [1.82, 2.24) is 4.57 Å². The van der Waals surface area contributed by atoms with Crippen LogP contribution in [0.4, 0.5) is 5.69 Å². The summed E-state index contributed by atoms with van der Waals surface area (Å²) in [7, 11) is 0. The van der Waals surface area contributed by atoms with Gasteiger partial charge in [0.1, 0.15) is 0 Å². The van der Waals surface area contributed by atoms with Crippen molar-refractivity contribution < 1.29 is 0 Å². The van der Waals surface area contributed by atoms with E-state index in [-0.39, 0.29) is 0 Å². The Balaban J connectivity index is 1.65. The van der Waals surface area contributed by atoms with Crippen LogP contribution < -0.4 is 5.73 Å². The Hall–Kier alpha value is -3.00. The number of benzene rings is 3. The van der Waals surface area contributed by atoms with Crippen molar-refractivity contribution in [1.29, 1.82) is 0 Å². The normalized spacial score (nSPS) is 11.0. The van der Waals surface area contributed by atoms with E-state index >= 15 is 0 Å². The Morgan fingerprint density at radius 2 is 1.54 bits per heavy atom. The third-order valence-corrected chi connectivity index (χ3v) is 4.52. The number of nitrogen functional groups attached to an aromatic ring is 1. The molecule has 0 spiro atoms. The summed E-state index contributed by atoms with van der Waals surface area (Å²) in [6.07, 6.45) is 2.20. The topological polar surface area (TPSA) is 30.9 Å². The zero-order chi connectivity index (χ0) is 16.5. The fourth-order valence-corrected chi connectivity index (χ4v) is 3.25. The van der Waals surface area contributed by atoms with E-state index in [9.17, 15) is 0 Å². The van der Waals surface area contributed by atoms with Crippen molar-refractivity contribution in [3.05, 3.63) is 90.1 Å². The summed E-state index contributed by atoms with van der Waals surface area (Å²) < 4.78 is 2.28. The lowest BCUT2D eigenvalue weighted by Gasteiger charge is -2.08. The van der Waals surface area contributed by atoms with Crippen LogP contribution in [0.3, 0.4) is 0 Å². The molecule has 0 atom stereocenters. The second-order valence-corrected chi connectivity index (χ2v) is 6.28. The summed E-state index contributed by atoms with van der Waals surface area (Å²) in [5.41, 5.74) is 13.0. The number of aromatic nitrogens is 1. The summed E-state index contributed by atoms with van der Waals surface area (Å²) in [6, 6.07) is 25.4. The first kappa shape index (κ1) is 14.6. The molecule has 3 aromatic carbocycles. The predicted molar refractivity (Wildman–Crippen MR) is 102 cm³/mol. The number of hydrogen-bond acceptors (Lipinski definition) is 1. The Morgan fingerprint density at radius 3 is 2.29 bits per heavy atom. The number of nitrogens with two attached hydrogens (primary N) is 1. The van der Waals surface area contributed by atoms with Crippen molar-refractivity contribution in [2.24, 2.45) is 0 Å². The van der Waals surface area contributed by atoms with E-state index in [4.69, 9.17) is 5.73 Å². The fraction of sp³-hybridized carbons (Fsp3) is 0.0909. The molecule has 0 saturated heterocycles. The zero-order valence-corrected chi connectivity index (χ0v) is 13.7.